The Balaban J connectivity index is 1.25. The molecule has 2 unspecified atom stereocenters. The molecule has 2 amide bonds. The molecule has 0 bridgehead atoms. The van der Waals surface area contributed by atoms with Gasteiger partial charge in [-0.15, -0.1) is 0 Å². The number of ketones is 1. The number of halogens is 3. The summed E-state index contributed by atoms with van der Waals surface area (Å²) in [7, 11) is 0. The van der Waals surface area contributed by atoms with Crippen molar-refractivity contribution in [1.82, 2.24) is 19.7 Å². The van der Waals surface area contributed by atoms with Gasteiger partial charge in [-0.1, -0.05) is 48.0 Å². The predicted molar refractivity (Wildman–Crippen MR) is 163 cm³/mol. The molecule has 0 saturated carbocycles. The lowest BCUT2D eigenvalue weighted by Gasteiger charge is -2.24. The molecule has 2 aromatic heterocycles. The van der Waals surface area contributed by atoms with Crippen LogP contribution in [-0.4, -0.2) is 56.0 Å². The van der Waals surface area contributed by atoms with Crippen LogP contribution in [0.25, 0.3) is 33.2 Å². The molecule has 11 heteroatoms. The third-order valence-electron chi connectivity index (χ3n) is 7.78. The van der Waals surface area contributed by atoms with E-state index in [1.165, 1.54) is 17.9 Å². The maximum atomic E-state index is 15.5. The summed E-state index contributed by atoms with van der Waals surface area (Å²) in [5.41, 5.74) is 3.23. The number of fused-ring (bicyclic) bond motifs is 1. The number of amides is 2. The van der Waals surface area contributed by atoms with Crippen molar-refractivity contribution in [2.75, 3.05) is 11.9 Å². The van der Waals surface area contributed by atoms with E-state index >= 15 is 4.39 Å². The molecule has 1 N–H and O–H groups in total. The van der Waals surface area contributed by atoms with Crippen LogP contribution in [0, 0.1) is 5.82 Å². The van der Waals surface area contributed by atoms with E-state index in [0.29, 0.717) is 27.1 Å². The highest BCUT2D eigenvalue weighted by atomic mass is 35.5. The lowest BCUT2D eigenvalue weighted by atomic mass is 10.0. The van der Waals surface area contributed by atoms with Gasteiger partial charge in [0.2, 0.25) is 11.8 Å². The quantitative estimate of drug-likeness (QED) is 0.216. The van der Waals surface area contributed by atoms with Gasteiger partial charge in [-0.3, -0.25) is 14.4 Å². The van der Waals surface area contributed by atoms with Crippen LogP contribution in [0.4, 0.5) is 14.5 Å². The van der Waals surface area contributed by atoms with E-state index in [1.807, 2.05) is 12.1 Å². The molecular formula is C33H26ClF2N5O3. The van der Waals surface area contributed by atoms with E-state index in [0.717, 1.165) is 11.1 Å². The number of anilines is 1. The number of hydrogen-bond acceptors (Lipinski definition) is 5. The van der Waals surface area contributed by atoms with Crippen LogP contribution in [0.2, 0.25) is 5.02 Å². The van der Waals surface area contributed by atoms with Gasteiger partial charge in [0.05, 0.1) is 24.6 Å². The molecular weight excluding hydrogens is 588 g/mol. The zero-order chi connectivity index (χ0) is 31.0. The van der Waals surface area contributed by atoms with E-state index in [1.54, 1.807) is 71.7 Å². The average molecular weight is 614 g/mol. The molecule has 0 spiro atoms. The third kappa shape index (κ3) is 5.56. The van der Waals surface area contributed by atoms with Crippen molar-refractivity contribution in [3.63, 3.8) is 0 Å². The summed E-state index contributed by atoms with van der Waals surface area (Å²) in [6, 6.07) is 17.4. The van der Waals surface area contributed by atoms with E-state index in [-0.39, 0.29) is 36.5 Å². The number of benzene rings is 3. The predicted octanol–water partition coefficient (Wildman–Crippen LogP) is 6.34. The molecule has 2 atom stereocenters. The minimum absolute atomic E-state index is 0.107. The Morgan fingerprint density at radius 2 is 1.80 bits per heavy atom. The summed E-state index contributed by atoms with van der Waals surface area (Å²) < 4.78 is 31.8. The number of nitrogens with zero attached hydrogens (tertiary/aromatic N) is 4. The van der Waals surface area contributed by atoms with Crippen molar-refractivity contribution < 1.29 is 23.2 Å². The SMILES string of the molecule is CC(=O)c1cn(CC(=O)N2CC(F)CC2C(=O)Nc2cccc(-c3ccccc3Cl)c2F)c2ccc(-c3ccnnc3)cc12. The molecule has 5 aromatic rings. The van der Waals surface area contributed by atoms with Crippen molar-refractivity contribution in [3.05, 3.63) is 102 Å². The average Bonchev–Trinajstić information content (AvgIpc) is 3.59. The first-order valence-corrected chi connectivity index (χ1v) is 14.3. The molecule has 3 aromatic carbocycles. The smallest absolute Gasteiger partial charge is 0.247 e. The summed E-state index contributed by atoms with van der Waals surface area (Å²) in [4.78, 5) is 40.6. The summed E-state index contributed by atoms with van der Waals surface area (Å²) in [5.74, 6) is -2.09. The highest BCUT2D eigenvalue weighted by Gasteiger charge is 2.40. The van der Waals surface area contributed by atoms with Crippen LogP contribution >= 0.6 is 11.6 Å². The van der Waals surface area contributed by atoms with Crippen LogP contribution in [0.3, 0.4) is 0 Å². The van der Waals surface area contributed by atoms with Crippen molar-refractivity contribution in [3.8, 4) is 22.3 Å². The van der Waals surface area contributed by atoms with E-state index in [2.05, 4.69) is 15.5 Å². The zero-order valence-electron chi connectivity index (χ0n) is 23.5. The number of carbonyl (C=O) groups is 3. The second-order valence-electron chi connectivity index (χ2n) is 10.6. The molecule has 3 heterocycles. The highest BCUT2D eigenvalue weighted by molar-refractivity contribution is 6.33. The maximum Gasteiger partial charge on any atom is 0.247 e. The van der Waals surface area contributed by atoms with E-state index in [4.69, 9.17) is 11.6 Å². The molecule has 1 fully saturated rings. The first-order valence-electron chi connectivity index (χ1n) is 13.9. The van der Waals surface area contributed by atoms with Crippen LogP contribution in [0.1, 0.15) is 23.7 Å². The summed E-state index contributed by atoms with van der Waals surface area (Å²) in [6.45, 7) is 0.930. The fourth-order valence-corrected chi connectivity index (χ4v) is 5.86. The lowest BCUT2D eigenvalue weighted by molar-refractivity contribution is -0.137. The normalized spacial score (nSPS) is 16.3. The third-order valence-corrected chi connectivity index (χ3v) is 8.11. The Labute approximate surface area is 256 Å². The highest BCUT2D eigenvalue weighted by Crippen LogP contribution is 2.33. The molecule has 0 radical (unpaired) electrons. The first-order chi connectivity index (χ1) is 21.2. The standard InChI is InChI=1S/C33H26ClF2N5O3/c1-19(42)26-17-40(29-10-9-20(13-25(26)29)21-11-12-37-38-15-21)18-31(43)41-16-22(35)14-30(41)33(44)39-28-8-4-6-24(32(28)36)23-5-2-3-7-27(23)34/h2-13,15,17,22,30H,14,16,18H2,1H3,(H,39,44). The second-order valence-corrected chi connectivity index (χ2v) is 11.0. The lowest BCUT2D eigenvalue weighted by Crippen LogP contribution is -2.44. The Hall–Kier alpha value is -4.96. The van der Waals surface area contributed by atoms with Gasteiger partial charge in [-0.2, -0.15) is 10.2 Å². The van der Waals surface area contributed by atoms with Gasteiger partial charge in [0.15, 0.2) is 11.6 Å². The molecule has 222 valence electrons. The van der Waals surface area contributed by atoms with Crippen molar-refractivity contribution in [2.45, 2.75) is 32.1 Å². The van der Waals surface area contributed by atoms with Gasteiger partial charge in [0, 0.05) is 50.8 Å². The van der Waals surface area contributed by atoms with Gasteiger partial charge in [-0.05, 0) is 42.8 Å². The molecule has 1 aliphatic heterocycles. The van der Waals surface area contributed by atoms with Gasteiger partial charge in [0.1, 0.15) is 18.8 Å². The monoisotopic (exact) mass is 613 g/mol. The molecule has 8 nitrogen and oxygen atoms in total. The second kappa shape index (κ2) is 12.0. The van der Waals surface area contributed by atoms with Crippen LogP contribution in [-0.2, 0) is 16.1 Å². The molecule has 6 rings (SSSR count). The van der Waals surface area contributed by atoms with Gasteiger partial charge in [-0.25, -0.2) is 8.78 Å². The number of carbonyl (C=O) groups excluding carboxylic acids is 3. The Morgan fingerprint density at radius 3 is 2.55 bits per heavy atom. The maximum absolute atomic E-state index is 15.5. The van der Waals surface area contributed by atoms with E-state index in [9.17, 15) is 18.8 Å². The minimum atomic E-state index is -1.43. The first kappa shape index (κ1) is 29.1. The zero-order valence-corrected chi connectivity index (χ0v) is 24.3. The number of aromatic nitrogens is 3. The topological polar surface area (TPSA) is 97.2 Å². The largest absolute Gasteiger partial charge is 0.337 e. The minimum Gasteiger partial charge on any atom is -0.337 e. The van der Waals surface area contributed by atoms with Gasteiger partial charge in [0.25, 0.3) is 0 Å². The van der Waals surface area contributed by atoms with Crippen molar-refractivity contribution >= 4 is 45.8 Å². The number of rotatable bonds is 7. The van der Waals surface area contributed by atoms with Crippen LogP contribution in [0.5, 0.6) is 0 Å². The van der Waals surface area contributed by atoms with Crippen molar-refractivity contribution in [2.24, 2.45) is 0 Å². The summed E-state index contributed by atoms with van der Waals surface area (Å²) in [5, 5.41) is 11.2. The number of nitrogens with one attached hydrogen (secondary N) is 1. The number of alkyl halides is 1. The molecule has 44 heavy (non-hydrogen) atoms. The number of likely N-dealkylation sites (tertiary alicyclic amines) is 1. The fourth-order valence-electron chi connectivity index (χ4n) is 5.63. The summed E-state index contributed by atoms with van der Waals surface area (Å²) >= 11 is 6.25. The Bertz CT molecular complexity index is 1910. The molecule has 1 aliphatic rings. The Kier molecular flexibility index (Phi) is 7.92. The molecule has 0 aliphatic carbocycles. The van der Waals surface area contributed by atoms with Crippen LogP contribution in [0.15, 0.2) is 85.3 Å². The van der Waals surface area contributed by atoms with Gasteiger partial charge >= 0.3 is 0 Å². The van der Waals surface area contributed by atoms with Crippen LogP contribution < -0.4 is 5.32 Å². The number of Topliss-reactive ketones (excluding diaryl/α,β-unsaturated/α-hetero) is 1. The Morgan fingerprint density at radius 1 is 1.00 bits per heavy atom. The number of hydrogen-bond donors (Lipinski definition) is 1. The van der Waals surface area contributed by atoms with Crippen molar-refractivity contribution in [1.29, 1.82) is 0 Å². The fraction of sp³-hybridized carbons (Fsp3) is 0.182. The van der Waals surface area contributed by atoms with E-state index < -0.39 is 29.8 Å². The summed E-state index contributed by atoms with van der Waals surface area (Å²) in [6.07, 6.45) is 3.12. The van der Waals surface area contributed by atoms with Gasteiger partial charge < -0.3 is 14.8 Å². The molecule has 1 saturated heterocycles.